The van der Waals surface area contributed by atoms with Crippen molar-refractivity contribution in [2.75, 3.05) is 17.2 Å². The van der Waals surface area contributed by atoms with Gasteiger partial charge < -0.3 is 21.1 Å². The second kappa shape index (κ2) is 8.34. The number of amides is 2. The molecule has 1 aromatic carbocycles. The van der Waals surface area contributed by atoms with Crippen molar-refractivity contribution >= 4 is 17.4 Å². The summed E-state index contributed by atoms with van der Waals surface area (Å²) in [5, 5.41) is 32.8. The molecule has 5 N–H and O–H groups in total. The molecule has 27 heavy (non-hydrogen) atoms. The average molecular weight is 375 g/mol. The number of carbonyl (C=O) groups excluding carboxylic acids is 1. The molecule has 0 saturated carbocycles. The number of tetrazole rings is 1. The third-order valence-electron chi connectivity index (χ3n) is 3.99. The maximum Gasteiger partial charge on any atom is 0.319 e. The van der Waals surface area contributed by atoms with Gasteiger partial charge in [0.15, 0.2) is 5.82 Å². The molecule has 1 aromatic heterocycles. The number of para-hydroxylation sites is 2. The third-order valence-corrected chi connectivity index (χ3v) is 3.99. The van der Waals surface area contributed by atoms with Crippen LogP contribution in [0, 0.1) is 5.41 Å². The van der Waals surface area contributed by atoms with Crippen molar-refractivity contribution in [1.29, 1.82) is 0 Å². The molecule has 0 saturated heterocycles. The van der Waals surface area contributed by atoms with Gasteiger partial charge in [-0.1, -0.05) is 38.1 Å². The van der Waals surface area contributed by atoms with Gasteiger partial charge in [-0.2, -0.15) is 5.21 Å². The molecule has 2 amide bonds. The number of anilines is 2. The zero-order chi connectivity index (χ0) is 20.1. The maximum atomic E-state index is 12.6. The van der Waals surface area contributed by atoms with E-state index in [1.807, 2.05) is 45.0 Å². The third kappa shape index (κ3) is 6.52. The molecule has 0 unspecified atom stereocenters. The quantitative estimate of drug-likeness (QED) is 0.506. The number of hydrogen-bond donors (Lipinski definition) is 5. The number of benzene rings is 1. The molecule has 0 fully saturated rings. The zero-order valence-corrected chi connectivity index (χ0v) is 16.5. The molecular formula is C18H29N7O2. The van der Waals surface area contributed by atoms with E-state index in [-0.39, 0.29) is 11.4 Å². The standard InChI is InChI=1S/C18H29N7O2/c1-17(2,3)14(15-22-24-25-23-15)21-16(26)20-13-9-7-6-8-12(13)19-11-10-18(4,5)27/h6-9,14,19,27H,10-11H2,1-5H3,(H2,20,21,26)(H,22,23,24,25)/t14-/m1/s1. The van der Waals surface area contributed by atoms with Crippen LogP contribution in [0.5, 0.6) is 0 Å². The van der Waals surface area contributed by atoms with Gasteiger partial charge >= 0.3 is 6.03 Å². The summed E-state index contributed by atoms with van der Waals surface area (Å²) in [6.45, 7) is 10.1. The molecule has 0 bridgehead atoms. The lowest BCUT2D eigenvalue weighted by Crippen LogP contribution is -2.39. The zero-order valence-electron chi connectivity index (χ0n) is 16.5. The highest BCUT2D eigenvalue weighted by atomic mass is 16.3. The molecule has 9 heteroatoms. The summed E-state index contributed by atoms with van der Waals surface area (Å²) in [7, 11) is 0. The van der Waals surface area contributed by atoms with Gasteiger partial charge in [0.2, 0.25) is 0 Å². The van der Waals surface area contributed by atoms with E-state index in [1.54, 1.807) is 13.8 Å². The van der Waals surface area contributed by atoms with Gasteiger partial charge in [0, 0.05) is 6.54 Å². The lowest BCUT2D eigenvalue weighted by atomic mass is 9.86. The smallest absolute Gasteiger partial charge is 0.319 e. The van der Waals surface area contributed by atoms with Gasteiger partial charge in [-0.25, -0.2) is 4.79 Å². The van der Waals surface area contributed by atoms with E-state index in [2.05, 4.69) is 36.6 Å². The van der Waals surface area contributed by atoms with Crippen molar-refractivity contribution in [1.82, 2.24) is 25.9 Å². The van der Waals surface area contributed by atoms with E-state index < -0.39 is 11.6 Å². The van der Waals surface area contributed by atoms with Gasteiger partial charge in [0.25, 0.3) is 0 Å². The molecule has 9 nitrogen and oxygen atoms in total. The van der Waals surface area contributed by atoms with Crippen molar-refractivity contribution in [3.8, 4) is 0 Å². The summed E-state index contributed by atoms with van der Waals surface area (Å²) in [5.41, 5.74) is 0.374. The number of urea groups is 1. The Kier molecular flexibility index (Phi) is 6.37. The molecule has 0 spiro atoms. The van der Waals surface area contributed by atoms with Crippen LogP contribution in [0.15, 0.2) is 24.3 Å². The Morgan fingerprint density at radius 1 is 1.19 bits per heavy atom. The number of nitrogens with one attached hydrogen (secondary N) is 4. The van der Waals surface area contributed by atoms with Gasteiger partial charge in [-0.05, 0) is 37.8 Å². The Hall–Kier alpha value is -2.68. The molecule has 2 aromatic rings. The van der Waals surface area contributed by atoms with E-state index in [0.717, 1.165) is 5.69 Å². The first-order valence-electron chi connectivity index (χ1n) is 8.92. The predicted octanol–water partition coefficient (Wildman–Crippen LogP) is 2.68. The highest BCUT2D eigenvalue weighted by molar-refractivity contribution is 5.93. The molecule has 2 rings (SSSR count). The molecule has 0 aliphatic rings. The fourth-order valence-electron chi connectivity index (χ4n) is 2.50. The van der Waals surface area contributed by atoms with Crippen molar-refractivity contribution < 1.29 is 9.90 Å². The van der Waals surface area contributed by atoms with Crippen LogP contribution in [0.1, 0.15) is 52.9 Å². The monoisotopic (exact) mass is 375 g/mol. The highest BCUT2D eigenvalue weighted by Crippen LogP contribution is 2.30. The van der Waals surface area contributed by atoms with Crippen molar-refractivity contribution in [2.45, 2.75) is 52.7 Å². The van der Waals surface area contributed by atoms with Crippen LogP contribution in [0.2, 0.25) is 0 Å². The van der Waals surface area contributed by atoms with Gasteiger partial charge in [-0.15, -0.1) is 10.2 Å². The van der Waals surface area contributed by atoms with Crippen LogP contribution in [0.25, 0.3) is 0 Å². The van der Waals surface area contributed by atoms with E-state index in [0.29, 0.717) is 24.5 Å². The minimum absolute atomic E-state index is 0.300. The number of aliphatic hydroxyl groups is 1. The SMILES string of the molecule is CC(C)(O)CCNc1ccccc1NC(=O)N[C@H](c1nn[nH]n1)C(C)(C)C. The second-order valence-corrected chi connectivity index (χ2v) is 8.20. The maximum absolute atomic E-state index is 12.6. The fourth-order valence-corrected chi connectivity index (χ4v) is 2.50. The Morgan fingerprint density at radius 2 is 1.85 bits per heavy atom. The van der Waals surface area contributed by atoms with Crippen LogP contribution in [-0.4, -0.2) is 43.9 Å². The summed E-state index contributed by atoms with van der Waals surface area (Å²) in [4.78, 5) is 12.6. The molecule has 0 aliphatic heterocycles. The first kappa shape index (κ1) is 20.6. The summed E-state index contributed by atoms with van der Waals surface area (Å²) >= 11 is 0. The second-order valence-electron chi connectivity index (χ2n) is 8.20. The number of carbonyl (C=O) groups is 1. The number of aromatic amines is 1. The van der Waals surface area contributed by atoms with Gasteiger partial charge in [0.05, 0.1) is 23.0 Å². The number of nitrogens with zero attached hydrogens (tertiary/aromatic N) is 3. The first-order chi connectivity index (χ1) is 12.6. The molecule has 0 radical (unpaired) electrons. The number of hydrogen-bond acceptors (Lipinski definition) is 6. The lowest BCUT2D eigenvalue weighted by molar-refractivity contribution is 0.0749. The Bertz CT molecular complexity index is 733. The molecule has 148 valence electrons. The largest absolute Gasteiger partial charge is 0.390 e. The average Bonchev–Trinajstić information content (AvgIpc) is 3.06. The van der Waals surface area contributed by atoms with Gasteiger partial charge in [-0.3, -0.25) is 0 Å². The predicted molar refractivity (Wildman–Crippen MR) is 104 cm³/mol. The minimum atomic E-state index is -0.753. The van der Waals surface area contributed by atoms with Crippen LogP contribution >= 0.6 is 0 Å². The lowest BCUT2D eigenvalue weighted by Gasteiger charge is -2.29. The number of H-pyrrole nitrogens is 1. The molecule has 1 heterocycles. The van der Waals surface area contributed by atoms with E-state index in [1.165, 1.54) is 0 Å². The van der Waals surface area contributed by atoms with Crippen LogP contribution in [0.3, 0.4) is 0 Å². The highest BCUT2D eigenvalue weighted by Gasteiger charge is 2.31. The van der Waals surface area contributed by atoms with Crippen molar-refractivity contribution in [3.63, 3.8) is 0 Å². The summed E-state index contributed by atoms with van der Waals surface area (Å²) < 4.78 is 0. The molecule has 1 atom stereocenters. The normalized spacial score (nSPS) is 13.1. The number of aromatic nitrogens is 4. The summed E-state index contributed by atoms with van der Waals surface area (Å²) in [6.07, 6.45) is 0.581. The Balaban J connectivity index is 2.04. The van der Waals surface area contributed by atoms with Gasteiger partial charge in [0.1, 0.15) is 0 Å². The van der Waals surface area contributed by atoms with Crippen LogP contribution in [-0.2, 0) is 0 Å². The number of rotatable bonds is 7. The Morgan fingerprint density at radius 3 is 2.41 bits per heavy atom. The van der Waals surface area contributed by atoms with E-state index >= 15 is 0 Å². The fraction of sp³-hybridized carbons (Fsp3) is 0.556. The van der Waals surface area contributed by atoms with E-state index in [4.69, 9.17) is 0 Å². The minimum Gasteiger partial charge on any atom is -0.390 e. The van der Waals surface area contributed by atoms with Crippen LogP contribution < -0.4 is 16.0 Å². The Labute approximate surface area is 159 Å². The first-order valence-corrected chi connectivity index (χ1v) is 8.92. The molecular weight excluding hydrogens is 346 g/mol. The molecule has 0 aliphatic carbocycles. The summed E-state index contributed by atoms with van der Waals surface area (Å²) in [5.74, 6) is 0.425. The summed E-state index contributed by atoms with van der Waals surface area (Å²) in [6, 6.07) is 6.64. The van der Waals surface area contributed by atoms with Crippen molar-refractivity contribution in [2.24, 2.45) is 5.41 Å². The topological polar surface area (TPSA) is 128 Å². The van der Waals surface area contributed by atoms with E-state index in [9.17, 15) is 9.90 Å². The van der Waals surface area contributed by atoms with Crippen LogP contribution in [0.4, 0.5) is 16.2 Å². The van der Waals surface area contributed by atoms with Crippen molar-refractivity contribution in [3.05, 3.63) is 30.1 Å².